The summed E-state index contributed by atoms with van der Waals surface area (Å²) in [6.07, 6.45) is 0. The van der Waals surface area contributed by atoms with Crippen molar-refractivity contribution in [3.63, 3.8) is 0 Å². The van der Waals surface area contributed by atoms with Gasteiger partial charge in [-0.05, 0) is 63.4 Å². The summed E-state index contributed by atoms with van der Waals surface area (Å²) in [5.41, 5.74) is 11.9. The highest BCUT2D eigenvalue weighted by Gasteiger charge is 2.16. The average molecular weight is 628 g/mol. The minimum atomic E-state index is 0.622. The Hall–Kier alpha value is -6.65. The quantitative estimate of drug-likeness (QED) is 0.184. The molecule has 230 valence electrons. The number of benzene rings is 7. The molecule has 0 saturated heterocycles. The Balaban J connectivity index is 1.16. The van der Waals surface area contributed by atoms with Crippen molar-refractivity contribution in [1.29, 1.82) is 0 Å². The summed E-state index contributed by atoms with van der Waals surface area (Å²) in [4.78, 5) is 15.0. The lowest BCUT2D eigenvalue weighted by molar-refractivity contribution is 0.620. The first kappa shape index (κ1) is 28.6. The number of rotatable bonds is 6. The number of nitrogens with zero attached hydrogens (tertiary/aromatic N) is 3. The lowest BCUT2D eigenvalue weighted by Gasteiger charge is -2.14. The van der Waals surface area contributed by atoms with Crippen molar-refractivity contribution in [3.05, 3.63) is 176 Å². The molecule has 0 aliphatic heterocycles. The first-order valence-corrected chi connectivity index (χ1v) is 16.4. The number of aromatic nitrogens is 3. The van der Waals surface area contributed by atoms with E-state index in [1.165, 1.54) is 11.1 Å². The molecule has 0 atom stereocenters. The lowest BCUT2D eigenvalue weighted by atomic mass is 9.93. The molecule has 0 aliphatic carbocycles. The van der Waals surface area contributed by atoms with E-state index in [0.717, 1.165) is 66.6 Å². The van der Waals surface area contributed by atoms with Gasteiger partial charge in [-0.2, -0.15) is 0 Å². The summed E-state index contributed by atoms with van der Waals surface area (Å²) < 4.78 is 6.24. The molecule has 0 unspecified atom stereocenters. The fourth-order valence-corrected chi connectivity index (χ4v) is 6.48. The maximum absolute atomic E-state index is 6.24. The minimum absolute atomic E-state index is 0.622. The second-order valence-corrected chi connectivity index (χ2v) is 12.0. The van der Waals surface area contributed by atoms with Crippen LogP contribution in [0.5, 0.6) is 0 Å². The molecule has 0 aliphatic rings. The zero-order chi connectivity index (χ0) is 32.6. The van der Waals surface area contributed by atoms with Crippen molar-refractivity contribution in [2.75, 3.05) is 0 Å². The molecule has 0 N–H and O–H groups in total. The van der Waals surface area contributed by atoms with Crippen molar-refractivity contribution >= 4 is 21.9 Å². The average Bonchev–Trinajstić information content (AvgIpc) is 3.62. The molecule has 0 fully saturated rings. The van der Waals surface area contributed by atoms with Gasteiger partial charge < -0.3 is 4.42 Å². The van der Waals surface area contributed by atoms with Crippen molar-refractivity contribution in [2.45, 2.75) is 0 Å². The fraction of sp³-hybridized carbons (Fsp3) is 0. The van der Waals surface area contributed by atoms with Crippen LogP contribution in [-0.2, 0) is 0 Å². The number of hydrogen-bond donors (Lipinski definition) is 0. The number of oxazole rings is 1. The Morgan fingerprint density at radius 1 is 0.347 bits per heavy atom. The molecule has 7 aromatic carbocycles. The van der Waals surface area contributed by atoms with Gasteiger partial charge in [-0.1, -0.05) is 146 Å². The molecule has 0 amide bonds. The third kappa shape index (κ3) is 5.45. The summed E-state index contributed by atoms with van der Waals surface area (Å²) >= 11 is 0. The highest BCUT2D eigenvalue weighted by Crippen LogP contribution is 2.38. The lowest BCUT2D eigenvalue weighted by Crippen LogP contribution is -1.96. The van der Waals surface area contributed by atoms with Crippen LogP contribution in [0.4, 0.5) is 0 Å². The molecule has 2 heterocycles. The first-order chi connectivity index (χ1) is 24.3. The van der Waals surface area contributed by atoms with Gasteiger partial charge in [-0.15, -0.1) is 0 Å². The van der Waals surface area contributed by atoms with Gasteiger partial charge in [0.2, 0.25) is 5.89 Å². The summed E-state index contributed by atoms with van der Waals surface area (Å²) in [7, 11) is 0. The van der Waals surface area contributed by atoms with Crippen LogP contribution in [0.25, 0.3) is 89.5 Å². The normalized spacial score (nSPS) is 11.3. The van der Waals surface area contributed by atoms with Gasteiger partial charge in [-0.25, -0.2) is 15.0 Å². The van der Waals surface area contributed by atoms with Gasteiger partial charge in [-0.3, -0.25) is 0 Å². The smallest absolute Gasteiger partial charge is 0.227 e. The maximum atomic E-state index is 6.24. The fourth-order valence-electron chi connectivity index (χ4n) is 6.48. The second-order valence-electron chi connectivity index (χ2n) is 12.0. The van der Waals surface area contributed by atoms with E-state index in [2.05, 4.69) is 115 Å². The Morgan fingerprint density at radius 2 is 0.878 bits per heavy atom. The largest absolute Gasteiger partial charge is 0.436 e. The zero-order valence-corrected chi connectivity index (χ0v) is 26.5. The summed E-state index contributed by atoms with van der Waals surface area (Å²) in [6.45, 7) is 0. The minimum Gasteiger partial charge on any atom is -0.436 e. The van der Waals surface area contributed by atoms with Crippen LogP contribution >= 0.6 is 0 Å². The Bertz CT molecular complexity index is 2580. The second kappa shape index (κ2) is 12.2. The molecular weight excluding hydrogens is 599 g/mol. The first-order valence-electron chi connectivity index (χ1n) is 16.4. The molecule has 0 saturated carbocycles. The van der Waals surface area contributed by atoms with Crippen LogP contribution in [0.1, 0.15) is 0 Å². The van der Waals surface area contributed by atoms with E-state index in [4.69, 9.17) is 19.4 Å². The van der Waals surface area contributed by atoms with Crippen LogP contribution in [0.2, 0.25) is 0 Å². The predicted octanol–water partition coefficient (Wildman–Crippen LogP) is 11.8. The van der Waals surface area contributed by atoms with E-state index in [1.54, 1.807) is 0 Å². The zero-order valence-electron chi connectivity index (χ0n) is 26.5. The van der Waals surface area contributed by atoms with E-state index in [-0.39, 0.29) is 0 Å². The van der Waals surface area contributed by atoms with Gasteiger partial charge in [0.15, 0.2) is 11.4 Å². The van der Waals surface area contributed by atoms with E-state index < -0.39 is 0 Å². The highest BCUT2D eigenvalue weighted by atomic mass is 16.3. The maximum Gasteiger partial charge on any atom is 0.227 e. The molecule has 2 aromatic heterocycles. The van der Waals surface area contributed by atoms with E-state index >= 15 is 0 Å². The van der Waals surface area contributed by atoms with Crippen molar-refractivity contribution < 1.29 is 4.42 Å². The molecule has 49 heavy (non-hydrogen) atoms. The van der Waals surface area contributed by atoms with E-state index in [9.17, 15) is 0 Å². The topological polar surface area (TPSA) is 51.8 Å². The van der Waals surface area contributed by atoms with Crippen molar-refractivity contribution in [2.24, 2.45) is 0 Å². The molecule has 0 spiro atoms. The van der Waals surface area contributed by atoms with Crippen molar-refractivity contribution in [3.8, 4) is 67.6 Å². The van der Waals surface area contributed by atoms with Crippen molar-refractivity contribution in [1.82, 2.24) is 15.0 Å². The van der Waals surface area contributed by atoms with Crippen LogP contribution in [-0.4, -0.2) is 15.0 Å². The highest BCUT2D eigenvalue weighted by molar-refractivity contribution is 6.05. The van der Waals surface area contributed by atoms with Gasteiger partial charge in [0.25, 0.3) is 0 Å². The van der Waals surface area contributed by atoms with Gasteiger partial charge in [0.05, 0.1) is 11.4 Å². The summed E-state index contributed by atoms with van der Waals surface area (Å²) in [5, 5.41) is 2.25. The molecular formula is C45H29N3O. The molecule has 0 radical (unpaired) electrons. The number of hydrogen-bond acceptors (Lipinski definition) is 4. The third-order valence-corrected chi connectivity index (χ3v) is 8.97. The summed E-state index contributed by atoms with van der Waals surface area (Å²) in [5.74, 6) is 1.31. The molecule has 9 aromatic rings. The molecule has 0 bridgehead atoms. The SMILES string of the molecule is c1ccc(-c2ccc(-c3cc(-c4ccc(-c5ccc6nc(-c7ccccc7)oc6c5)c5ccccc45)nc(-c4ccccc4)n3)cc2)cc1. The van der Waals surface area contributed by atoms with E-state index in [1.807, 2.05) is 60.7 Å². The molecule has 4 nitrogen and oxygen atoms in total. The van der Waals surface area contributed by atoms with Crippen LogP contribution in [0.3, 0.4) is 0 Å². The van der Waals surface area contributed by atoms with Gasteiger partial charge >= 0.3 is 0 Å². The Kier molecular flexibility index (Phi) is 7.10. The Morgan fingerprint density at radius 3 is 1.59 bits per heavy atom. The van der Waals surface area contributed by atoms with Crippen LogP contribution < -0.4 is 0 Å². The monoisotopic (exact) mass is 627 g/mol. The Labute approximate surface area is 284 Å². The molecule has 4 heteroatoms. The standard InChI is InChI=1S/C45H29N3O/c1-4-12-30(13-5-1)31-20-22-32(23-21-31)41-29-42(47-44(46-41)33-14-6-2-7-15-33)39-26-25-36(37-18-10-11-19-38(37)39)35-24-27-40-43(28-35)49-45(48-40)34-16-8-3-9-17-34/h1-29H. The van der Waals surface area contributed by atoms with Crippen LogP contribution in [0.15, 0.2) is 180 Å². The molecule has 9 rings (SSSR count). The van der Waals surface area contributed by atoms with E-state index in [0.29, 0.717) is 11.7 Å². The van der Waals surface area contributed by atoms with Crippen LogP contribution in [0, 0.1) is 0 Å². The predicted molar refractivity (Wildman–Crippen MR) is 200 cm³/mol. The number of fused-ring (bicyclic) bond motifs is 2. The summed E-state index contributed by atoms with van der Waals surface area (Å²) in [6, 6.07) is 60.5. The van der Waals surface area contributed by atoms with Gasteiger partial charge in [0, 0.05) is 22.3 Å². The van der Waals surface area contributed by atoms with Gasteiger partial charge in [0.1, 0.15) is 5.52 Å². The third-order valence-electron chi connectivity index (χ3n) is 8.97.